The molecule has 0 aromatic heterocycles. The largest absolute Gasteiger partial charge is 0.504 e. The Morgan fingerprint density at radius 3 is 2.71 bits per heavy atom. The summed E-state index contributed by atoms with van der Waals surface area (Å²) < 4.78 is 5.21. The van der Waals surface area contributed by atoms with Gasteiger partial charge in [-0.1, -0.05) is 18.9 Å². The maximum Gasteiger partial charge on any atom is 0.160 e. The molecule has 134 valence electrons. The van der Waals surface area contributed by atoms with Gasteiger partial charge in [-0.3, -0.25) is 9.80 Å². The van der Waals surface area contributed by atoms with Gasteiger partial charge in [-0.25, -0.2) is 0 Å². The van der Waals surface area contributed by atoms with Crippen LogP contribution in [0.2, 0.25) is 0 Å². The number of methoxy groups -OCH3 is 1. The zero-order valence-electron chi connectivity index (χ0n) is 14.7. The van der Waals surface area contributed by atoms with Crippen LogP contribution in [0, 0.1) is 0 Å². The third kappa shape index (κ3) is 4.02. The molecule has 0 spiro atoms. The van der Waals surface area contributed by atoms with E-state index in [1.165, 1.54) is 25.7 Å². The summed E-state index contributed by atoms with van der Waals surface area (Å²) in [6, 6.07) is 6.75. The first-order chi connectivity index (χ1) is 11.7. The Kier molecular flexibility index (Phi) is 5.98. The second-order valence-corrected chi connectivity index (χ2v) is 7.08. The Hall–Kier alpha value is -1.30. The third-order valence-electron chi connectivity index (χ3n) is 5.52. The minimum absolute atomic E-state index is 0.186. The van der Waals surface area contributed by atoms with Gasteiger partial charge >= 0.3 is 0 Å². The molecule has 1 aromatic carbocycles. The van der Waals surface area contributed by atoms with Crippen molar-refractivity contribution in [1.29, 1.82) is 0 Å². The van der Waals surface area contributed by atoms with E-state index in [1.54, 1.807) is 13.2 Å². The number of rotatable bonds is 6. The van der Waals surface area contributed by atoms with Crippen LogP contribution in [-0.4, -0.2) is 65.4 Å². The summed E-state index contributed by atoms with van der Waals surface area (Å²) in [7, 11) is 1.58. The molecule has 24 heavy (non-hydrogen) atoms. The zero-order valence-corrected chi connectivity index (χ0v) is 14.7. The van der Waals surface area contributed by atoms with Gasteiger partial charge in [-0.05, 0) is 37.0 Å². The number of aromatic hydroxyl groups is 1. The normalized spacial score (nSPS) is 23.7. The monoisotopic (exact) mass is 334 g/mol. The van der Waals surface area contributed by atoms with Crippen molar-refractivity contribution in [2.45, 2.75) is 50.7 Å². The molecule has 1 heterocycles. The molecule has 1 atom stereocenters. The van der Waals surface area contributed by atoms with Crippen LogP contribution in [0.4, 0.5) is 0 Å². The molecular weight excluding hydrogens is 304 g/mol. The van der Waals surface area contributed by atoms with E-state index in [-0.39, 0.29) is 12.4 Å². The van der Waals surface area contributed by atoms with Crippen LogP contribution in [0.15, 0.2) is 18.2 Å². The summed E-state index contributed by atoms with van der Waals surface area (Å²) >= 11 is 0. The summed E-state index contributed by atoms with van der Waals surface area (Å²) in [4.78, 5) is 5.11. The molecule has 3 rings (SSSR count). The van der Waals surface area contributed by atoms with Gasteiger partial charge in [0.25, 0.3) is 0 Å². The molecular formula is C19H30N2O3. The fourth-order valence-corrected chi connectivity index (χ4v) is 4.28. The quantitative estimate of drug-likeness (QED) is 0.835. The third-order valence-corrected chi connectivity index (χ3v) is 5.52. The predicted molar refractivity (Wildman–Crippen MR) is 94.4 cm³/mol. The van der Waals surface area contributed by atoms with Crippen molar-refractivity contribution >= 4 is 0 Å². The van der Waals surface area contributed by atoms with E-state index in [2.05, 4.69) is 9.80 Å². The Morgan fingerprint density at radius 1 is 1.21 bits per heavy atom. The number of hydrogen-bond donors (Lipinski definition) is 2. The Morgan fingerprint density at radius 2 is 2.00 bits per heavy atom. The predicted octanol–water partition coefficient (Wildman–Crippen LogP) is 2.21. The first-order valence-electron chi connectivity index (χ1n) is 9.16. The minimum Gasteiger partial charge on any atom is -0.504 e. The smallest absolute Gasteiger partial charge is 0.160 e. The molecule has 5 heteroatoms. The van der Waals surface area contributed by atoms with Gasteiger partial charge in [0, 0.05) is 44.9 Å². The maximum absolute atomic E-state index is 9.74. The van der Waals surface area contributed by atoms with Crippen LogP contribution < -0.4 is 4.74 Å². The van der Waals surface area contributed by atoms with Crippen molar-refractivity contribution in [2.75, 3.05) is 33.4 Å². The van der Waals surface area contributed by atoms with Crippen LogP contribution in [0.5, 0.6) is 11.5 Å². The Bertz CT molecular complexity index is 531. The summed E-state index contributed by atoms with van der Waals surface area (Å²) in [5.74, 6) is 0.717. The maximum atomic E-state index is 9.74. The average Bonchev–Trinajstić information content (AvgIpc) is 3.11. The van der Waals surface area contributed by atoms with Crippen LogP contribution in [0.25, 0.3) is 0 Å². The highest BCUT2D eigenvalue weighted by Gasteiger charge is 2.32. The first kappa shape index (κ1) is 17.5. The molecule has 1 aliphatic carbocycles. The molecule has 2 fully saturated rings. The van der Waals surface area contributed by atoms with Crippen LogP contribution in [0.3, 0.4) is 0 Å². The topological polar surface area (TPSA) is 56.2 Å². The van der Waals surface area contributed by atoms with Gasteiger partial charge in [0.15, 0.2) is 11.5 Å². The van der Waals surface area contributed by atoms with Crippen LogP contribution in [0.1, 0.15) is 37.7 Å². The molecule has 0 radical (unpaired) electrons. The van der Waals surface area contributed by atoms with Crippen molar-refractivity contribution in [3.8, 4) is 11.5 Å². The van der Waals surface area contributed by atoms with Gasteiger partial charge in [0.1, 0.15) is 0 Å². The summed E-state index contributed by atoms with van der Waals surface area (Å²) in [6.45, 7) is 4.26. The number of nitrogens with zero attached hydrogens (tertiary/aromatic N) is 2. The lowest BCUT2D eigenvalue weighted by atomic mass is 10.0. The highest BCUT2D eigenvalue weighted by atomic mass is 16.5. The molecule has 0 amide bonds. The SMILES string of the molecule is COc1cc(CN2CCN(C3CCCC3)[C@H](CCO)C2)ccc1O. The van der Waals surface area contributed by atoms with Gasteiger partial charge in [0.2, 0.25) is 0 Å². The number of hydrogen-bond acceptors (Lipinski definition) is 5. The lowest BCUT2D eigenvalue weighted by molar-refractivity contribution is 0.0267. The highest BCUT2D eigenvalue weighted by molar-refractivity contribution is 5.41. The lowest BCUT2D eigenvalue weighted by Crippen LogP contribution is -2.55. The second kappa shape index (κ2) is 8.19. The van der Waals surface area contributed by atoms with E-state index in [1.807, 2.05) is 12.1 Å². The van der Waals surface area contributed by atoms with Gasteiger partial charge < -0.3 is 14.9 Å². The van der Waals surface area contributed by atoms with Crippen molar-refractivity contribution in [3.63, 3.8) is 0 Å². The van der Waals surface area contributed by atoms with E-state index >= 15 is 0 Å². The van der Waals surface area contributed by atoms with Gasteiger partial charge in [0.05, 0.1) is 7.11 Å². The van der Waals surface area contributed by atoms with E-state index in [4.69, 9.17) is 4.74 Å². The number of aliphatic hydroxyl groups excluding tert-OH is 1. The minimum atomic E-state index is 0.186. The molecule has 1 saturated heterocycles. The number of piperazine rings is 1. The first-order valence-corrected chi connectivity index (χ1v) is 9.16. The standard InChI is InChI=1S/C19H30N2O3/c1-24-19-12-15(6-7-18(19)23)13-20-9-10-21(16-4-2-3-5-16)17(14-20)8-11-22/h6-7,12,16-17,22-23H,2-5,8-11,13-14H2,1H3/t17-/m1/s1. The van der Waals surface area contributed by atoms with E-state index in [0.717, 1.165) is 44.2 Å². The second-order valence-electron chi connectivity index (χ2n) is 7.08. The molecule has 2 aliphatic rings. The average molecular weight is 334 g/mol. The van der Waals surface area contributed by atoms with Crippen molar-refractivity contribution in [3.05, 3.63) is 23.8 Å². The summed E-state index contributed by atoms with van der Waals surface area (Å²) in [5, 5.41) is 19.2. The number of ether oxygens (including phenoxy) is 1. The van der Waals surface area contributed by atoms with Crippen LogP contribution in [-0.2, 0) is 6.54 Å². The van der Waals surface area contributed by atoms with Crippen molar-refractivity contribution in [1.82, 2.24) is 9.80 Å². The summed E-state index contributed by atoms with van der Waals surface area (Å²) in [6.07, 6.45) is 6.19. The van der Waals surface area contributed by atoms with Gasteiger partial charge in [-0.2, -0.15) is 0 Å². The van der Waals surface area contributed by atoms with Crippen molar-refractivity contribution < 1.29 is 14.9 Å². The molecule has 1 aromatic rings. The Labute approximate surface area is 144 Å². The number of phenolic OH excluding ortho intramolecular Hbond substituents is 1. The number of aliphatic hydroxyl groups is 1. The number of phenols is 1. The van der Waals surface area contributed by atoms with Crippen molar-refractivity contribution in [2.24, 2.45) is 0 Å². The molecule has 5 nitrogen and oxygen atoms in total. The molecule has 2 N–H and O–H groups in total. The lowest BCUT2D eigenvalue weighted by Gasteiger charge is -2.44. The number of benzene rings is 1. The molecule has 0 bridgehead atoms. The highest BCUT2D eigenvalue weighted by Crippen LogP contribution is 2.30. The molecule has 1 saturated carbocycles. The molecule has 1 aliphatic heterocycles. The fraction of sp³-hybridized carbons (Fsp3) is 0.684. The zero-order chi connectivity index (χ0) is 16.9. The summed E-state index contributed by atoms with van der Waals surface area (Å²) in [5.41, 5.74) is 1.15. The fourth-order valence-electron chi connectivity index (χ4n) is 4.28. The van der Waals surface area contributed by atoms with Crippen LogP contribution >= 0.6 is 0 Å². The Balaban J connectivity index is 1.63. The molecule has 0 unspecified atom stereocenters. The van der Waals surface area contributed by atoms with E-state index in [0.29, 0.717) is 11.8 Å². The van der Waals surface area contributed by atoms with E-state index < -0.39 is 0 Å². The van der Waals surface area contributed by atoms with E-state index in [9.17, 15) is 10.2 Å². The van der Waals surface area contributed by atoms with Gasteiger partial charge in [-0.15, -0.1) is 0 Å².